The molecular formula is C20H20N4O. The van der Waals surface area contributed by atoms with E-state index in [1.54, 1.807) is 22.5 Å². The van der Waals surface area contributed by atoms with Gasteiger partial charge in [-0.25, -0.2) is 0 Å². The third-order valence-corrected chi connectivity index (χ3v) is 4.78. The number of H-pyrrole nitrogens is 1. The molecule has 1 aromatic carbocycles. The van der Waals surface area contributed by atoms with Gasteiger partial charge >= 0.3 is 0 Å². The number of hydrogen-bond acceptors (Lipinski definition) is 2. The van der Waals surface area contributed by atoms with Crippen LogP contribution in [0, 0.1) is 0 Å². The summed E-state index contributed by atoms with van der Waals surface area (Å²) in [5, 5.41) is 5.19. The van der Waals surface area contributed by atoms with Crippen LogP contribution < -0.4 is 5.56 Å². The number of nitrogens with one attached hydrogen (secondary N) is 1. The normalized spacial score (nSPS) is 12.6. The fraction of sp³-hybridized carbons (Fsp3) is 0.200. The van der Waals surface area contributed by atoms with Gasteiger partial charge in [-0.1, -0.05) is 37.3 Å². The highest BCUT2D eigenvalue weighted by atomic mass is 16.1. The topological polar surface area (TPSA) is 55.6 Å². The molecule has 5 heteroatoms. The van der Waals surface area contributed by atoms with Crippen LogP contribution in [-0.2, 0) is 14.1 Å². The van der Waals surface area contributed by atoms with E-state index in [0.29, 0.717) is 5.52 Å². The van der Waals surface area contributed by atoms with Gasteiger partial charge in [-0.15, -0.1) is 0 Å². The maximum atomic E-state index is 12.6. The number of benzene rings is 1. The van der Waals surface area contributed by atoms with E-state index in [9.17, 15) is 4.79 Å². The molecule has 0 aliphatic heterocycles. The zero-order valence-corrected chi connectivity index (χ0v) is 14.5. The molecule has 1 N–H and O–H groups in total. The minimum atomic E-state index is -0.0193. The zero-order valence-electron chi connectivity index (χ0n) is 14.5. The molecule has 4 rings (SSSR count). The molecule has 0 fully saturated rings. The number of aromatic nitrogens is 4. The van der Waals surface area contributed by atoms with Crippen molar-refractivity contribution in [3.05, 3.63) is 76.5 Å². The fourth-order valence-corrected chi connectivity index (χ4v) is 3.35. The molecule has 4 aromatic rings. The van der Waals surface area contributed by atoms with E-state index >= 15 is 0 Å². The lowest BCUT2D eigenvalue weighted by Crippen LogP contribution is -2.18. The quantitative estimate of drug-likeness (QED) is 0.625. The zero-order chi connectivity index (χ0) is 17.6. The summed E-state index contributed by atoms with van der Waals surface area (Å²) in [5.74, 6) is 0.188. The monoisotopic (exact) mass is 332 g/mol. The first-order chi connectivity index (χ1) is 12.0. The first-order valence-electron chi connectivity index (χ1n) is 8.31. The minimum Gasteiger partial charge on any atom is -0.350 e. The van der Waals surface area contributed by atoms with Crippen LogP contribution in [0.1, 0.15) is 24.0 Å². The highest BCUT2D eigenvalue weighted by molar-refractivity contribution is 5.88. The smallest absolute Gasteiger partial charge is 0.274 e. The van der Waals surface area contributed by atoms with Gasteiger partial charge < -0.3 is 9.55 Å². The van der Waals surface area contributed by atoms with Crippen molar-refractivity contribution in [1.29, 1.82) is 0 Å². The predicted molar refractivity (Wildman–Crippen MR) is 99.7 cm³/mol. The van der Waals surface area contributed by atoms with Crippen molar-refractivity contribution in [3.63, 3.8) is 0 Å². The first kappa shape index (κ1) is 15.4. The van der Waals surface area contributed by atoms with Gasteiger partial charge in [0.15, 0.2) is 0 Å². The number of hydrogen-bond donors (Lipinski definition) is 1. The Morgan fingerprint density at radius 1 is 1.12 bits per heavy atom. The molecule has 0 amide bonds. The molecule has 0 saturated heterocycles. The average Bonchev–Trinajstić information content (AvgIpc) is 3.25. The maximum absolute atomic E-state index is 12.6. The maximum Gasteiger partial charge on any atom is 0.274 e. The predicted octanol–water partition coefficient (Wildman–Crippen LogP) is 3.42. The summed E-state index contributed by atoms with van der Waals surface area (Å²) in [4.78, 5) is 15.9. The summed E-state index contributed by atoms with van der Waals surface area (Å²) in [6.45, 7) is 2.17. The lowest BCUT2D eigenvalue weighted by molar-refractivity contribution is 0.768. The van der Waals surface area contributed by atoms with Gasteiger partial charge in [0.2, 0.25) is 0 Å². The van der Waals surface area contributed by atoms with Gasteiger partial charge in [0.25, 0.3) is 5.56 Å². The molecule has 1 atom stereocenters. The van der Waals surface area contributed by atoms with Gasteiger partial charge in [-0.2, -0.15) is 5.10 Å². The van der Waals surface area contributed by atoms with Crippen LogP contribution in [0.2, 0.25) is 0 Å². The largest absolute Gasteiger partial charge is 0.350 e. The molecule has 0 saturated carbocycles. The van der Waals surface area contributed by atoms with Crippen LogP contribution in [-0.4, -0.2) is 19.3 Å². The number of aryl methyl sites for hydroxylation is 2. The molecule has 126 valence electrons. The second-order valence-electron chi connectivity index (χ2n) is 6.51. The Kier molecular flexibility index (Phi) is 3.57. The first-order valence-corrected chi connectivity index (χ1v) is 8.31. The number of fused-ring (bicyclic) bond motifs is 1. The second-order valence-corrected chi connectivity index (χ2v) is 6.51. The van der Waals surface area contributed by atoms with Crippen LogP contribution in [0.25, 0.3) is 22.2 Å². The highest BCUT2D eigenvalue weighted by Crippen LogP contribution is 2.31. The lowest BCUT2D eigenvalue weighted by Gasteiger charge is -2.15. The van der Waals surface area contributed by atoms with Gasteiger partial charge in [0.05, 0.1) is 6.20 Å². The van der Waals surface area contributed by atoms with Crippen LogP contribution in [0.15, 0.2) is 59.8 Å². The van der Waals surface area contributed by atoms with E-state index in [4.69, 9.17) is 0 Å². The molecule has 5 nitrogen and oxygen atoms in total. The number of aromatic amines is 1. The van der Waals surface area contributed by atoms with Crippen molar-refractivity contribution in [2.45, 2.75) is 12.8 Å². The van der Waals surface area contributed by atoms with Gasteiger partial charge in [0.1, 0.15) is 5.52 Å². The Morgan fingerprint density at radius 3 is 2.56 bits per heavy atom. The molecular weight excluding hydrogens is 312 g/mol. The fourth-order valence-electron chi connectivity index (χ4n) is 3.35. The molecule has 25 heavy (non-hydrogen) atoms. The number of nitrogens with zero attached hydrogens (tertiary/aromatic N) is 3. The van der Waals surface area contributed by atoms with E-state index < -0.39 is 0 Å². The average molecular weight is 332 g/mol. The van der Waals surface area contributed by atoms with Crippen LogP contribution >= 0.6 is 0 Å². The van der Waals surface area contributed by atoms with Gasteiger partial charge in [0, 0.05) is 49.1 Å². The Hall–Kier alpha value is -3.08. The summed E-state index contributed by atoms with van der Waals surface area (Å²) in [6.07, 6.45) is 5.69. The van der Waals surface area contributed by atoms with Crippen molar-refractivity contribution in [2.75, 3.05) is 0 Å². The third kappa shape index (κ3) is 2.58. The SMILES string of the molecule is CC(c1ccccc1)c1cn(C)c(=O)c2[nH]c(-c3cnn(C)c3)cc12. The van der Waals surface area contributed by atoms with Crippen molar-refractivity contribution in [3.8, 4) is 11.3 Å². The number of pyridine rings is 1. The standard InChI is InChI=1S/C20H20N4O/c1-13(14-7-5-4-6-8-14)17-12-23(2)20(25)19-16(17)9-18(22-19)15-10-21-24(3)11-15/h4-13,22H,1-3H3. The second kappa shape index (κ2) is 5.77. The van der Waals surface area contributed by atoms with Crippen molar-refractivity contribution < 1.29 is 0 Å². The van der Waals surface area contributed by atoms with E-state index in [1.165, 1.54) is 5.56 Å². The van der Waals surface area contributed by atoms with Crippen molar-refractivity contribution in [2.24, 2.45) is 14.1 Å². The van der Waals surface area contributed by atoms with Gasteiger partial charge in [-0.3, -0.25) is 9.48 Å². The van der Waals surface area contributed by atoms with Crippen LogP contribution in [0.4, 0.5) is 0 Å². The number of rotatable bonds is 3. The Morgan fingerprint density at radius 2 is 1.88 bits per heavy atom. The summed E-state index contributed by atoms with van der Waals surface area (Å²) in [5.41, 5.74) is 4.86. The van der Waals surface area contributed by atoms with Gasteiger partial charge in [-0.05, 0) is 17.2 Å². The summed E-state index contributed by atoms with van der Waals surface area (Å²) in [7, 11) is 3.68. The summed E-state index contributed by atoms with van der Waals surface area (Å²) in [6, 6.07) is 12.4. The van der Waals surface area contributed by atoms with E-state index in [1.807, 2.05) is 37.6 Å². The molecule has 3 heterocycles. The Balaban J connectivity index is 1.94. The van der Waals surface area contributed by atoms with Crippen molar-refractivity contribution in [1.82, 2.24) is 19.3 Å². The Labute approximate surface area is 145 Å². The van der Waals surface area contributed by atoms with Crippen LogP contribution in [0.3, 0.4) is 0 Å². The minimum absolute atomic E-state index is 0.0193. The summed E-state index contributed by atoms with van der Waals surface area (Å²) < 4.78 is 3.41. The molecule has 0 aliphatic carbocycles. The molecule has 0 bridgehead atoms. The molecule has 0 aliphatic rings. The van der Waals surface area contributed by atoms with E-state index in [0.717, 1.165) is 22.2 Å². The molecule has 0 spiro atoms. The van der Waals surface area contributed by atoms with E-state index in [-0.39, 0.29) is 11.5 Å². The van der Waals surface area contributed by atoms with Crippen LogP contribution in [0.5, 0.6) is 0 Å². The highest BCUT2D eigenvalue weighted by Gasteiger charge is 2.17. The van der Waals surface area contributed by atoms with E-state index in [2.05, 4.69) is 35.2 Å². The lowest BCUT2D eigenvalue weighted by atomic mass is 9.92. The Bertz CT molecular complexity index is 1100. The third-order valence-electron chi connectivity index (χ3n) is 4.78. The molecule has 1 unspecified atom stereocenters. The summed E-state index contributed by atoms with van der Waals surface area (Å²) >= 11 is 0. The molecule has 0 radical (unpaired) electrons. The molecule has 3 aromatic heterocycles. The van der Waals surface area contributed by atoms with Crippen molar-refractivity contribution >= 4 is 10.9 Å².